The van der Waals surface area contributed by atoms with Crippen LogP contribution in [0.4, 0.5) is 17.1 Å². The molecule has 0 saturated carbocycles. The van der Waals surface area contributed by atoms with E-state index in [0.29, 0.717) is 0 Å². The van der Waals surface area contributed by atoms with Crippen LogP contribution in [0.2, 0.25) is 0 Å². The molecule has 9 aromatic carbocycles. The number of anilines is 3. The number of hydrogen-bond donors (Lipinski definition) is 0. The van der Waals surface area contributed by atoms with Crippen molar-refractivity contribution in [2.45, 2.75) is 0 Å². The van der Waals surface area contributed by atoms with Gasteiger partial charge in [0.15, 0.2) is 0 Å². The summed E-state index contributed by atoms with van der Waals surface area (Å²) in [7, 11) is 0. The van der Waals surface area contributed by atoms with Crippen LogP contribution in [0.3, 0.4) is 0 Å². The maximum Gasteiger partial charge on any atom is 0.145 e. The van der Waals surface area contributed by atoms with Gasteiger partial charge in [-0.05, 0) is 98.9 Å². The van der Waals surface area contributed by atoms with E-state index in [9.17, 15) is 0 Å². The normalized spacial score (nSPS) is 11.8. The van der Waals surface area contributed by atoms with Crippen molar-refractivity contribution in [3.8, 4) is 22.3 Å². The zero-order valence-corrected chi connectivity index (χ0v) is 28.7. The van der Waals surface area contributed by atoms with Gasteiger partial charge in [-0.15, -0.1) is 0 Å². The first-order valence-electron chi connectivity index (χ1n) is 18.0. The van der Waals surface area contributed by atoms with E-state index in [0.717, 1.165) is 72.1 Å². The average Bonchev–Trinajstić information content (AvgIpc) is 3.80. The van der Waals surface area contributed by atoms with Crippen molar-refractivity contribution in [3.63, 3.8) is 0 Å². The van der Waals surface area contributed by atoms with Crippen LogP contribution in [-0.4, -0.2) is 0 Å². The number of nitrogens with zero attached hydrogens (tertiary/aromatic N) is 1. The average molecular weight is 678 g/mol. The van der Waals surface area contributed by atoms with Crippen LogP contribution in [0.15, 0.2) is 197 Å². The second kappa shape index (κ2) is 11.7. The van der Waals surface area contributed by atoms with Crippen LogP contribution in [-0.2, 0) is 0 Å². The van der Waals surface area contributed by atoms with Crippen molar-refractivity contribution in [2.75, 3.05) is 4.90 Å². The fourth-order valence-corrected chi connectivity index (χ4v) is 8.28. The topological polar surface area (TPSA) is 29.5 Å². The van der Waals surface area contributed by atoms with E-state index in [1.807, 2.05) is 18.2 Å². The summed E-state index contributed by atoms with van der Waals surface area (Å²) in [6.07, 6.45) is 0. The number of fused-ring (bicyclic) bond motifs is 10. The van der Waals surface area contributed by atoms with Gasteiger partial charge in [-0.1, -0.05) is 127 Å². The molecule has 0 spiro atoms. The highest BCUT2D eigenvalue weighted by Crippen LogP contribution is 2.50. The van der Waals surface area contributed by atoms with Crippen LogP contribution in [0, 0.1) is 0 Å². The summed E-state index contributed by atoms with van der Waals surface area (Å²) in [5.74, 6) is 0. The first kappa shape index (κ1) is 29.6. The lowest BCUT2D eigenvalue weighted by Crippen LogP contribution is -2.11. The minimum atomic E-state index is 0.834. The Labute approximate surface area is 305 Å². The molecule has 0 aliphatic carbocycles. The molecule has 0 aliphatic rings. The highest BCUT2D eigenvalue weighted by molar-refractivity contribution is 6.28. The van der Waals surface area contributed by atoms with Crippen LogP contribution >= 0.6 is 0 Å². The molecule has 0 bridgehead atoms. The summed E-state index contributed by atoms with van der Waals surface area (Å²) in [6, 6.07) is 66.7. The summed E-state index contributed by atoms with van der Waals surface area (Å²) in [5.41, 5.74) is 11.1. The second-order valence-corrected chi connectivity index (χ2v) is 13.6. The smallest absolute Gasteiger partial charge is 0.145 e. The Morgan fingerprint density at radius 3 is 1.74 bits per heavy atom. The van der Waals surface area contributed by atoms with E-state index in [1.54, 1.807) is 0 Å². The number of furan rings is 2. The fourth-order valence-electron chi connectivity index (χ4n) is 8.28. The van der Waals surface area contributed by atoms with Crippen LogP contribution in [0.1, 0.15) is 0 Å². The van der Waals surface area contributed by atoms with Gasteiger partial charge in [-0.25, -0.2) is 0 Å². The lowest BCUT2D eigenvalue weighted by Gasteiger charge is -2.28. The van der Waals surface area contributed by atoms with E-state index in [1.165, 1.54) is 32.7 Å². The highest BCUT2D eigenvalue weighted by Gasteiger charge is 2.26. The molecule has 53 heavy (non-hydrogen) atoms. The molecule has 0 atom stereocenters. The van der Waals surface area contributed by atoms with Gasteiger partial charge in [0.05, 0.1) is 5.69 Å². The van der Waals surface area contributed by atoms with E-state index in [4.69, 9.17) is 8.83 Å². The lowest BCUT2D eigenvalue weighted by atomic mass is 9.90. The van der Waals surface area contributed by atoms with Gasteiger partial charge < -0.3 is 13.7 Å². The minimum absolute atomic E-state index is 0.834. The molecule has 2 aromatic heterocycles. The third-order valence-electron chi connectivity index (χ3n) is 10.6. The van der Waals surface area contributed by atoms with Crippen molar-refractivity contribution >= 4 is 82.5 Å². The third kappa shape index (κ3) is 4.61. The van der Waals surface area contributed by atoms with Gasteiger partial charge in [-0.3, -0.25) is 0 Å². The minimum Gasteiger partial charge on any atom is -0.456 e. The van der Waals surface area contributed by atoms with Crippen LogP contribution in [0.5, 0.6) is 0 Å². The maximum absolute atomic E-state index is 7.10. The van der Waals surface area contributed by atoms with E-state index >= 15 is 0 Å². The molecule has 3 nitrogen and oxygen atoms in total. The van der Waals surface area contributed by atoms with Crippen molar-refractivity contribution in [2.24, 2.45) is 0 Å². The molecule has 0 unspecified atom stereocenters. The second-order valence-electron chi connectivity index (χ2n) is 13.6. The summed E-state index contributed by atoms with van der Waals surface area (Å²) >= 11 is 0. The van der Waals surface area contributed by atoms with Gasteiger partial charge in [0.25, 0.3) is 0 Å². The predicted octanol–water partition coefficient (Wildman–Crippen LogP) is 14.6. The summed E-state index contributed by atoms with van der Waals surface area (Å²) in [6.45, 7) is 0. The van der Waals surface area contributed by atoms with Gasteiger partial charge in [0.1, 0.15) is 22.3 Å². The molecule has 0 amide bonds. The summed E-state index contributed by atoms with van der Waals surface area (Å²) in [4.78, 5) is 2.36. The zero-order chi connectivity index (χ0) is 34.9. The number of rotatable bonds is 5. The summed E-state index contributed by atoms with van der Waals surface area (Å²) in [5, 5.41) is 9.08. The molecule has 11 aromatic rings. The fraction of sp³-hybridized carbons (Fsp3) is 0. The number of para-hydroxylation sites is 2. The van der Waals surface area contributed by atoms with Crippen molar-refractivity contribution in [3.05, 3.63) is 188 Å². The lowest BCUT2D eigenvalue weighted by molar-refractivity contribution is 0.663. The first-order chi connectivity index (χ1) is 26.3. The Bertz CT molecular complexity index is 3160. The van der Waals surface area contributed by atoms with E-state index < -0.39 is 0 Å². The Morgan fingerprint density at radius 1 is 0.358 bits per heavy atom. The van der Waals surface area contributed by atoms with Crippen molar-refractivity contribution in [1.29, 1.82) is 0 Å². The van der Waals surface area contributed by atoms with Crippen molar-refractivity contribution < 1.29 is 8.83 Å². The van der Waals surface area contributed by atoms with Gasteiger partial charge in [-0.2, -0.15) is 0 Å². The molecule has 0 fully saturated rings. The Morgan fingerprint density at radius 2 is 0.943 bits per heavy atom. The first-order valence-corrected chi connectivity index (χ1v) is 18.0. The SMILES string of the molecule is c1ccc(-c2ccc(N(c3ccccc3)c3ccc4c(oc5ccc6oc7ccccc7c6c54)c3-c3cc4ccccc4c4ccccc34)cc2)cc1. The standard InChI is InChI=1S/C50H31NO2/c1-3-13-32(14-4-1)33-23-25-36(26-24-33)51(35-16-5-2-6-17-35)43-28-27-41-49-46(30-29-45-48(49)40-21-11-12-22-44(40)52-45)53-50(41)47(43)42-31-34-15-7-8-18-37(34)38-19-9-10-20-39(38)42/h1-31H. The van der Waals surface area contributed by atoms with Gasteiger partial charge in [0, 0.05) is 38.5 Å². The largest absolute Gasteiger partial charge is 0.456 e. The van der Waals surface area contributed by atoms with Crippen LogP contribution in [0.25, 0.3) is 87.7 Å². The zero-order valence-electron chi connectivity index (χ0n) is 28.7. The van der Waals surface area contributed by atoms with E-state index in [-0.39, 0.29) is 0 Å². The Hall–Kier alpha value is -7.10. The molecule has 248 valence electrons. The Balaban J connectivity index is 1.27. The molecular weight excluding hydrogens is 647 g/mol. The molecule has 2 heterocycles. The van der Waals surface area contributed by atoms with Gasteiger partial charge in [0.2, 0.25) is 0 Å². The molecular formula is C50H31NO2. The summed E-state index contributed by atoms with van der Waals surface area (Å²) < 4.78 is 13.5. The maximum atomic E-state index is 7.10. The molecule has 0 saturated heterocycles. The van der Waals surface area contributed by atoms with E-state index in [2.05, 4.69) is 175 Å². The molecule has 0 N–H and O–H groups in total. The molecule has 11 rings (SSSR count). The van der Waals surface area contributed by atoms with Crippen LogP contribution < -0.4 is 4.90 Å². The van der Waals surface area contributed by atoms with Crippen molar-refractivity contribution in [1.82, 2.24) is 0 Å². The van der Waals surface area contributed by atoms with Gasteiger partial charge >= 0.3 is 0 Å². The predicted molar refractivity (Wildman–Crippen MR) is 222 cm³/mol. The molecule has 3 heteroatoms. The monoisotopic (exact) mass is 677 g/mol. The quantitative estimate of drug-likeness (QED) is 0.170. The molecule has 0 aliphatic heterocycles. The number of benzene rings is 9. The highest BCUT2D eigenvalue weighted by atomic mass is 16.3. The number of hydrogen-bond acceptors (Lipinski definition) is 3. The third-order valence-corrected chi connectivity index (χ3v) is 10.6. The molecule has 0 radical (unpaired) electrons. The Kier molecular flexibility index (Phi) is 6.55.